The SMILES string of the molecule is O=C1CC=C(c2ccccc2)C(c2ccccc2)N1. The molecule has 1 heterocycles. The summed E-state index contributed by atoms with van der Waals surface area (Å²) in [6, 6.07) is 20.2. The van der Waals surface area contributed by atoms with E-state index in [0.717, 1.165) is 11.1 Å². The maximum atomic E-state index is 11.7. The van der Waals surface area contributed by atoms with Crippen LogP contribution in [0.3, 0.4) is 0 Å². The fraction of sp³-hybridized carbons (Fsp3) is 0.118. The largest absolute Gasteiger partial charge is 0.345 e. The van der Waals surface area contributed by atoms with E-state index in [2.05, 4.69) is 17.4 Å². The highest BCUT2D eigenvalue weighted by Gasteiger charge is 2.23. The summed E-state index contributed by atoms with van der Waals surface area (Å²) < 4.78 is 0. The molecule has 2 heteroatoms. The standard InChI is InChI=1S/C17H15NO/c19-16-12-11-15(13-7-3-1-4-8-13)17(18-16)14-9-5-2-6-10-14/h1-11,17H,12H2,(H,18,19). The zero-order valence-corrected chi connectivity index (χ0v) is 10.5. The molecular weight excluding hydrogens is 234 g/mol. The van der Waals surface area contributed by atoms with Crippen LogP contribution in [0.15, 0.2) is 66.7 Å². The normalized spacial score (nSPS) is 18.6. The van der Waals surface area contributed by atoms with Crippen molar-refractivity contribution in [1.82, 2.24) is 5.32 Å². The molecule has 0 spiro atoms. The van der Waals surface area contributed by atoms with Crippen molar-refractivity contribution in [2.75, 3.05) is 0 Å². The lowest BCUT2D eigenvalue weighted by molar-refractivity contribution is -0.120. The molecule has 1 aliphatic rings. The van der Waals surface area contributed by atoms with Gasteiger partial charge in [-0.05, 0) is 16.7 Å². The van der Waals surface area contributed by atoms with E-state index in [1.54, 1.807) is 0 Å². The Morgan fingerprint density at radius 2 is 1.53 bits per heavy atom. The van der Waals surface area contributed by atoms with Gasteiger partial charge < -0.3 is 5.32 Å². The van der Waals surface area contributed by atoms with E-state index in [0.29, 0.717) is 6.42 Å². The second-order valence-electron chi connectivity index (χ2n) is 4.64. The van der Waals surface area contributed by atoms with Gasteiger partial charge in [-0.15, -0.1) is 0 Å². The molecule has 1 amide bonds. The van der Waals surface area contributed by atoms with Gasteiger partial charge in [-0.2, -0.15) is 0 Å². The lowest BCUT2D eigenvalue weighted by Gasteiger charge is -2.26. The Morgan fingerprint density at radius 1 is 0.895 bits per heavy atom. The second kappa shape index (κ2) is 5.11. The molecule has 3 rings (SSSR count). The maximum Gasteiger partial charge on any atom is 0.224 e. The lowest BCUT2D eigenvalue weighted by Crippen LogP contribution is -2.32. The van der Waals surface area contributed by atoms with Gasteiger partial charge in [-0.3, -0.25) is 4.79 Å². The van der Waals surface area contributed by atoms with Crippen LogP contribution < -0.4 is 5.32 Å². The Balaban J connectivity index is 2.03. The van der Waals surface area contributed by atoms with Gasteiger partial charge in [0.05, 0.1) is 6.04 Å². The van der Waals surface area contributed by atoms with E-state index in [1.165, 1.54) is 5.57 Å². The molecule has 1 atom stereocenters. The minimum Gasteiger partial charge on any atom is -0.345 e. The molecule has 2 aromatic rings. The molecular formula is C17H15NO. The summed E-state index contributed by atoms with van der Waals surface area (Å²) in [5, 5.41) is 3.07. The molecule has 19 heavy (non-hydrogen) atoms. The first-order valence-corrected chi connectivity index (χ1v) is 6.44. The monoisotopic (exact) mass is 249 g/mol. The molecule has 2 nitrogen and oxygen atoms in total. The number of carbonyl (C=O) groups is 1. The fourth-order valence-corrected chi connectivity index (χ4v) is 2.44. The third-order valence-electron chi connectivity index (χ3n) is 3.36. The van der Waals surface area contributed by atoms with Crippen LogP contribution in [0.25, 0.3) is 5.57 Å². The van der Waals surface area contributed by atoms with Crippen molar-refractivity contribution in [3.05, 3.63) is 77.9 Å². The molecule has 0 saturated heterocycles. The van der Waals surface area contributed by atoms with Crippen LogP contribution >= 0.6 is 0 Å². The summed E-state index contributed by atoms with van der Waals surface area (Å²) in [4.78, 5) is 11.7. The van der Waals surface area contributed by atoms with Crippen molar-refractivity contribution in [1.29, 1.82) is 0 Å². The zero-order valence-electron chi connectivity index (χ0n) is 10.5. The van der Waals surface area contributed by atoms with Crippen molar-refractivity contribution < 1.29 is 4.79 Å². The van der Waals surface area contributed by atoms with E-state index in [-0.39, 0.29) is 11.9 Å². The van der Waals surface area contributed by atoms with E-state index < -0.39 is 0 Å². The average Bonchev–Trinajstić information content (AvgIpc) is 2.49. The van der Waals surface area contributed by atoms with Gasteiger partial charge in [-0.1, -0.05) is 66.7 Å². The topological polar surface area (TPSA) is 29.1 Å². The van der Waals surface area contributed by atoms with Gasteiger partial charge in [0, 0.05) is 6.42 Å². The maximum absolute atomic E-state index is 11.7. The summed E-state index contributed by atoms with van der Waals surface area (Å²) in [6.45, 7) is 0. The first-order chi connectivity index (χ1) is 9.34. The summed E-state index contributed by atoms with van der Waals surface area (Å²) >= 11 is 0. The molecule has 2 aromatic carbocycles. The Morgan fingerprint density at radius 3 is 2.21 bits per heavy atom. The number of hydrogen-bond donors (Lipinski definition) is 1. The van der Waals surface area contributed by atoms with E-state index in [1.807, 2.05) is 54.6 Å². The summed E-state index contributed by atoms with van der Waals surface area (Å²) in [5.41, 5.74) is 3.45. The van der Waals surface area contributed by atoms with Gasteiger partial charge in [0.25, 0.3) is 0 Å². The van der Waals surface area contributed by atoms with Crippen molar-refractivity contribution in [2.24, 2.45) is 0 Å². The molecule has 1 aliphatic heterocycles. The number of carbonyl (C=O) groups excluding carboxylic acids is 1. The van der Waals surface area contributed by atoms with Crippen LogP contribution in [0.2, 0.25) is 0 Å². The van der Waals surface area contributed by atoms with Gasteiger partial charge in [0.15, 0.2) is 0 Å². The number of nitrogens with one attached hydrogen (secondary N) is 1. The summed E-state index contributed by atoms with van der Waals surface area (Å²) in [6.07, 6.45) is 2.49. The first kappa shape index (κ1) is 11.7. The van der Waals surface area contributed by atoms with Gasteiger partial charge >= 0.3 is 0 Å². The minimum absolute atomic E-state index is 0.0511. The Labute approximate surface area is 112 Å². The molecule has 1 unspecified atom stereocenters. The third-order valence-corrected chi connectivity index (χ3v) is 3.36. The van der Waals surface area contributed by atoms with Crippen molar-refractivity contribution in [3.63, 3.8) is 0 Å². The van der Waals surface area contributed by atoms with E-state index >= 15 is 0 Å². The predicted octanol–water partition coefficient (Wildman–Crippen LogP) is 3.33. The van der Waals surface area contributed by atoms with Gasteiger partial charge in [0.2, 0.25) is 5.91 Å². The third kappa shape index (κ3) is 2.43. The van der Waals surface area contributed by atoms with Crippen LogP contribution in [0, 0.1) is 0 Å². The zero-order chi connectivity index (χ0) is 13.1. The van der Waals surface area contributed by atoms with Gasteiger partial charge in [0.1, 0.15) is 0 Å². The molecule has 0 bridgehead atoms. The Bertz CT molecular complexity index is 602. The Kier molecular flexibility index (Phi) is 3.15. The molecule has 0 fully saturated rings. The summed E-state index contributed by atoms with van der Waals surface area (Å²) in [7, 11) is 0. The smallest absolute Gasteiger partial charge is 0.224 e. The number of hydrogen-bond acceptors (Lipinski definition) is 1. The molecule has 94 valence electrons. The molecule has 0 radical (unpaired) electrons. The Hall–Kier alpha value is -2.35. The van der Waals surface area contributed by atoms with E-state index in [4.69, 9.17) is 0 Å². The first-order valence-electron chi connectivity index (χ1n) is 6.44. The van der Waals surface area contributed by atoms with Crippen LogP contribution in [-0.4, -0.2) is 5.91 Å². The molecule has 0 aliphatic carbocycles. The minimum atomic E-state index is -0.0511. The molecule has 1 N–H and O–H groups in total. The van der Waals surface area contributed by atoms with Crippen LogP contribution in [0.5, 0.6) is 0 Å². The average molecular weight is 249 g/mol. The highest BCUT2D eigenvalue weighted by Crippen LogP contribution is 2.32. The molecule has 0 saturated carbocycles. The second-order valence-corrected chi connectivity index (χ2v) is 4.64. The van der Waals surface area contributed by atoms with Crippen LogP contribution in [0.1, 0.15) is 23.6 Å². The number of benzene rings is 2. The quantitative estimate of drug-likeness (QED) is 0.869. The summed E-state index contributed by atoms with van der Waals surface area (Å²) in [5.74, 6) is 0.0773. The number of amides is 1. The molecule has 0 aromatic heterocycles. The number of rotatable bonds is 2. The van der Waals surface area contributed by atoms with Crippen molar-refractivity contribution in [3.8, 4) is 0 Å². The van der Waals surface area contributed by atoms with Crippen molar-refractivity contribution >= 4 is 11.5 Å². The highest BCUT2D eigenvalue weighted by molar-refractivity contribution is 5.87. The predicted molar refractivity (Wildman–Crippen MR) is 76.4 cm³/mol. The van der Waals surface area contributed by atoms with Crippen LogP contribution in [0.4, 0.5) is 0 Å². The fourth-order valence-electron chi connectivity index (χ4n) is 2.44. The lowest BCUT2D eigenvalue weighted by atomic mass is 9.90. The highest BCUT2D eigenvalue weighted by atomic mass is 16.1. The van der Waals surface area contributed by atoms with Crippen molar-refractivity contribution in [2.45, 2.75) is 12.5 Å². The van der Waals surface area contributed by atoms with Crippen LogP contribution in [-0.2, 0) is 4.79 Å². The van der Waals surface area contributed by atoms with E-state index in [9.17, 15) is 4.79 Å². The van der Waals surface area contributed by atoms with Gasteiger partial charge in [-0.25, -0.2) is 0 Å².